The van der Waals surface area contributed by atoms with Crippen LogP contribution in [0.1, 0.15) is 44.1 Å². The van der Waals surface area contributed by atoms with Crippen molar-refractivity contribution in [1.29, 1.82) is 0 Å². The van der Waals surface area contributed by atoms with E-state index in [2.05, 4.69) is 16.7 Å². The third-order valence-corrected chi connectivity index (χ3v) is 4.79. The lowest BCUT2D eigenvalue weighted by Crippen LogP contribution is -2.33. The fourth-order valence-corrected chi connectivity index (χ4v) is 3.33. The van der Waals surface area contributed by atoms with E-state index in [9.17, 15) is 9.59 Å². The van der Waals surface area contributed by atoms with Gasteiger partial charge in [0, 0.05) is 23.1 Å². The molecule has 6 heteroatoms. The fraction of sp³-hybridized carbons (Fsp3) is 0.474. The zero-order valence-corrected chi connectivity index (χ0v) is 15.8. The van der Waals surface area contributed by atoms with Crippen LogP contribution in [0.3, 0.4) is 0 Å². The molecule has 0 atom stereocenters. The van der Waals surface area contributed by atoms with Crippen LogP contribution in [0, 0.1) is 0 Å². The van der Waals surface area contributed by atoms with E-state index in [1.54, 1.807) is 12.1 Å². The Hall–Kier alpha value is -1.52. The molecule has 1 aromatic rings. The maximum atomic E-state index is 11.8. The Morgan fingerprint density at radius 2 is 1.72 bits per heavy atom. The molecule has 4 nitrogen and oxygen atoms in total. The highest BCUT2D eigenvalue weighted by Crippen LogP contribution is 2.21. The second kappa shape index (κ2) is 10.5. The summed E-state index contributed by atoms with van der Waals surface area (Å²) >= 11 is 11.9. The molecule has 0 saturated carbocycles. The summed E-state index contributed by atoms with van der Waals surface area (Å²) in [4.78, 5) is 23.6. The summed E-state index contributed by atoms with van der Waals surface area (Å²) in [6.45, 7) is 1.03. The number of benzene rings is 1. The molecule has 1 aliphatic carbocycles. The van der Waals surface area contributed by atoms with Crippen molar-refractivity contribution < 1.29 is 9.59 Å². The Kier molecular flexibility index (Phi) is 8.29. The van der Waals surface area contributed by atoms with Crippen molar-refractivity contribution in [3.05, 3.63) is 45.5 Å². The molecule has 0 saturated heterocycles. The van der Waals surface area contributed by atoms with Crippen LogP contribution in [0.5, 0.6) is 0 Å². The summed E-state index contributed by atoms with van der Waals surface area (Å²) < 4.78 is 0. The largest absolute Gasteiger partial charge is 0.355 e. The van der Waals surface area contributed by atoms with Gasteiger partial charge in [0.25, 0.3) is 0 Å². The lowest BCUT2D eigenvalue weighted by Gasteiger charge is -2.13. The molecule has 0 heterocycles. The molecule has 0 fully saturated rings. The lowest BCUT2D eigenvalue weighted by molar-refractivity contribution is -0.129. The van der Waals surface area contributed by atoms with E-state index in [0.29, 0.717) is 29.6 Å². The first-order valence-electron chi connectivity index (χ1n) is 8.70. The van der Waals surface area contributed by atoms with Gasteiger partial charge in [-0.2, -0.15) is 0 Å². The highest BCUT2D eigenvalue weighted by atomic mass is 35.5. The molecular weight excluding hydrogens is 359 g/mol. The summed E-state index contributed by atoms with van der Waals surface area (Å²) in [5, 5.41) is 6.71. The Balaban J connectivity index is 1.60. The Bertz CT molecular complexity index is 644. The van der Waals surface area contributed by atoms with Crippen LogP contribution >= 0.6 is 23.2 Å². The predicted octanol–water partition coefficient (Wildman–Crippen LogP) is 4.05. The Labute approximate surface area is 159 Å². The second-order valence-corrected chi connectivity index (χ2v) is 7.06. The fourth-order valence-electron chi connectivity index (χ4n) is 2.83. The molecule has 0 radical (unpaired) electrons. The number of carbonyl (C=O) groups is 2. The van der Waals surface area contributed by atoms with Gasteiger partial charge in [0.1, 0.15) is 6.42 Å². The maximum Gasteiger partial charge on any atom is 0.229 e. The van der Waals surface area contributed by atoms with Crippen LogP contribution in [0.4, 0.5) is 0 Å². The molecule has 1 aliphatic rings. The van der Waals surface area contributed by atoms with Crippen LogP contribution in [0.25, 0.3) is 0 Å². The normalized spacial score (nSPS) is 13.9. The quantitative estimate of drug-likeness (QED) is 0.526. The second-order valence-electron chi connectivity index (χ2n) is 6.22. The molecule has 2 rings (SSSR count). The maximum absolute atomic E-state index is 11.8. The number of hydrogen-bond acceptors (Lipinski definition) is 2. The van der Waals surface area contributed by atoms with Crippen molar-refractivity contribution in [3.8, 4) is 0 Å². The minimum Gasteiger partial charge on any atom is -0.355 e. The molecule has 2 amide bonds. The van der Waals surface area contributed by atoms with Crippen molar-refractivity contribution in [3.63, 3.8) is 0 Å². The van der Waals surface area contributed by atoms with Gasteiger partial charge in [0.2, 0.25) is 11.8 Å². The molecule has 2 N–H and O–H groups in total. The van der Waals surface area contributed by atoms with Crippen molar-refractivity contribution in [2.45, 2.75) is 44.9 Å². The standard InChI is InChI=1S/C19H24Cl2N2O2/c20-16-7-6-15(17(21)12-16)9-11-23-19(25)13-18(24)22-10-8-14-4-2-1-3-5-14/h4,6-7,12H,1-3,5,8-11,13H2,(H,22,24)(H,23,25). The molecule has 0 aliphatic heterocycles. The molecular formula is C19H24Cl2N2O2. The van der Waals surface area contributed by atoms with E-state index in [-0.39, 0.29) is 18.2 Å². The first-order chi connectivity index (χ1) is 12.0. The van der Waals surface area contributed by atoms with Crippen LogP contribution < -0.4 is 10.6 Å². The molecule has 0 unspecified atom stereocenters. The van der Waals surface area contributed by atoms with Gasteiger partial charge in [-0.25, -0.2) is 0 Å². The van der Waals surface area contributed by atoms with E-state index in [0.717, 1.165) is 24.8 Å². The van der Waals surface area contributed by atoms with Crippen LogP contribution in [0.2, 0.25) is 10.0 Å². The predicted molar refractivity (Wildman–Crippen MR) is 102 cm³/mol. The van der Waals surface area contributed by atoms with Crippen LogP contribution in [-0.4, -0.2) is 24.9 Å². The van der Waals surface area contributed by atoms with Gasteiger partial charge in [-0.15, -0.1) is 0 Å². The number of hydrogen-bond donors (Lipinski definition) is 2. The summed E-state index contributed by atoms with van der Waals surface area (Å²) in [5.41, 5.74) is 2.33. The zero-order chi connectivity index (χ0) is 18.1. The first kappa shape index (κ1) is 19.8. The van der Waals surface area contributed by atoms with Crippen molar-refractivity contribution in [1.82, 2.24) is 10.6 Å². The number of allylic oxidation sites excluding steroid dienone is 1. The Morgan fingerprint density at radius 3 is 2.36 bits per heavy atom. The average Bonchev–Trinajstić information content (AvgIpc) is 2.58. The average molecular weight is 383 g/mol. The number of rotatable bonds is 8. The van der Waals surface area contributed by atoms with Gasteiger partial charge in [-0.3, -0.25) is 9.59 Å². The number of halogens is 2. The molecule has 1 aromatic carbocycles. The van der Waals surface area contributed by atoms with Crippen molar-refractivity contribution in [2.75, 3.05) is 13.1 Å². The molecule has 25 heavy (non-hydrogen) atoms. The number of carbonyl (C=O) groups excluding carboxylic acids is 2. The van der Waals surface area contributed by atoms with Crippen molar-refractivity contribution >= 4 is 35.0 Å². The van der Waals surface area contributed by atoms with Gasteiger partial charge in [-0.05, 0) is 56.2 Å². The lowest BCUT2D eigenvalue weighted by atomic mass is 9.97. The Morgan fingerprint density at radius 1 is 1.00 bits per heavy atom. The highest BCUT2D eigenvalue weighted by Gasteiger charge is 2.10. The minimum atomic E-state index is -0.278. The SMILES string of the molecule is O=C(CC(=O)NCCc1ccc(Cl)cc1Cl)NCCC1=CCCCC1. The minimum absolute atomic E-state index is 0.145. The third-order valence-electron chi connectivity index (χ3n) is 4.21. The summed E-state index contributed by atoms with van der Waals surface area (Å²) in [7, 11) is 0. The summed E-state index contributed by atoms with van der Waals surface area (Å²) in [6, 6.07) is 5.28. The summed E-state index contributed by atoms with van der Waals surface area (Å²) in [6.07, 6.45) is 8.36. The van der Waals surface area contributed by atoms with Gasteiger partial charge in [0.15, 0.2) is 0 Å². The third kappa shape index (κ3) is 7.49. The molecule has 0 spiro atoms. The summed E-state index contributed by atoms with van der Waals surface area (Å²) in [5.74, 6) is -0.516. The highest BCUT2D eigenvalue weighted by molar-refractivity contribution is 6.35. The molecule has 0 aromatic heterocycles. The van der Waals surface area contributed by atoms with Crippen molar-refractivity contribution in [2.24, 2.45) is 0 Å². The molecule has 0 bridgehead atoms. The van der Waals surface area contributed by atoms with E-state index < -0.39 is 0 Å². The van der Waals surface area contributed by atoms with Gasteiger partial charge < -0.3 is 10.6 Å². The van der Waals surface area contributed by atoms with Gasteiger partial charge in [0.05, 0.1) is 0 Å². The van der Waals surface area contributed by atoms with E-state index in [1.807, 2.05) is 6.07 Å². The van der Waals surface area contributed by atoms with E-state index in [4.69, 9.17) is 23.2 Å². The van der Waals surface area contributed by atoms with Gasteiger partial charge in [-0.1, -0.05) is 40.9 Å². The molecule has 136 valence electrons. The number of nitrogens with one attached hydrogen (secondary N) is 2. The van der Waals surface area contributed by atoms with E-state index in [1.165, 1.54) is 18.4 Å². The number of amides is 2. The van der Waals surface area contributed by atoms with Crippen LogP contribution in [0.15, 0.2) is 29.8 Å². The zero-order valence-electron chi connectivity index (χ0n) is 14.2. The smallest absolute Gasteiger partial charge is 0.229 e. The first-order valence-corrected chi connectivity index (χ1v) is 9.45. The monoisotopic (exact) mass is 382 g/mol. The topological polar surface area (TPSA) is 58.2 Å². The van der Waals surface area contributed by atoms with Crippen LogP contribution in [-0.2, 0) is 16.0 Å². The van der Waals surface area contributed by atoms with Gasteiger partial charge >= 0.3 is 0 Å². The van der Waals surface area contributed by atoms with E-state index >= 15 is 0 Å².